The fourth-order valence-electron chi connectivity index (χ4n) is 0.873. The topological polar surface area (TPSA) is 70.6 Å². The molecule has 90 valence electrons. The maximum absolute atomic E-state index is 11.8. The second-order valence-electron chi connectivity index (χ2n) is 3.84. The van der Waals surface area contributed by atoms with Crippen LogP contribution in [0.25, 0.3) is 0 Å². The van der Waals surface area contributed by atoms with Crippen molar-refractivity contribution in [2.45, 2.75) is 33.2 Å². The zero-order chi connectivity index (χ0) is 12.8. The molecule has 0 fully saturated rings. The first-order chi connectivity index (χ1) is 7.35. The third kappa shape index (κ3) is 4.25. The van der Waals surface area contributed by atoms with Crippen LogP contribution in [0.15, 0.2) is 16.9 Å². The molecule has 0 aromatic carbocycles. The van der Waals surface area contributed by atoms with Gasteiger partial charge in [0.15, 0.2) is 5.78 Å². The molecule has 2 N–H and O–H groups in total. The Morgan fingerprint density at radius 3 is 2.25 bits per heavy atom. The lowest BCUT2D eigenvalue weighted by molar-refractivity contribution is -0.127. The molecule has 0 aromatic heterocycles. The summed E-state index contributed by atoms with van der Waals surface area (Å²) in [5, 5.41) is 5.34. The van der Waals surface area contributed by atoms with Crippen molar-refractivity contribution < 1.29 is 9.59 Å². The van der Waals surface area contributed by atoms with Gasteiger partial charge in [-0.2, -0.15) is 0 Å². The van der Waals surface area contributed by atoms with Gasteiger partial charge in [0.2, 0.25) is 0 Å². The lowest BCUT2D eigenvalue weighted by atomic mass is 10.0. The summed E-state index contributed by atoms with van der Waals surface area (Å²) in [5.41, 5.74) is -0.646. The minimum Gasteiger partial charge on any atom is -0.392 e. The molecule has 0 spiro atoms. The van der Waals surface area contributed by atoms with E-state index >= 15 is 0 Å². The van der Waals surface area contributed by atoms with Crippen LogP contribution in [0, 0.1) is 0 Å². The number of hydrogen-bond acceptors (Lipinski definition) is 4. The van der Waals surface area contributed by atoms with Crippen LogP contribution in [-0.2, 0) is 9.59 Å². The number of rotatable bonds is 5. The predicted molar refractivity (Wildman–Crippen MR) is 64.2 cm³/mol. The van der Waals surface area contributed by atoms with Crippen LogP contribution in [0.2, 0.25) is 0 Å². The Kier molecular flexibility index (Phi) is 5.42. The van der Waals surface area contributed by atoms with Gasteiger partial charge in [-0.25, -0.2) is 0 Å². The maximum Gasteiger partial charge on any atom is 0.272 e. The molecule has 0 aliphatic rings. The van der Waals surface area contributed by atoms with Gasteiger partial charge in [-0.3, -0.25) is 14.6 Å². The lowest BCUT2D eigenvalue weighted by Gasteiger charge is -2.22. The van der Waals surface area contributed by atoms with E-state index < -0.39 is 5.54 Å². The molecule has 0 saturated carbocycles. The number of Topliss-reactive ketones (excluding diaryl/α,β-unsaturated/α-hetero) is 1. The molecule has 1 amide bonds. The molecule has 0 rings (SSSR count). The highest BCUT2D eigenvalue weighted by atomic mass is 16.2. The molecular formula is C11H19N3O2. The standard InChI is InChI=1S/C11H19N3O2/c1-6-13-9(7-12-5)10(16)14-11(3,4)8(2)15/h6-7,12H,1-5H3,(H,14,16)/b9-7-,13-6-. The molecule has 0 unspecified atom stereocenters. The lowest BCUT2D eigenvalue weighted by Crippen LogP contribution is -2.49. The number of carbonyl (C=O) groups is 2. The summed E-state index contributed by atoms with van der Waals surface area (Å²) < 4.78 is 0. The minimum absolute atomic E-state index is 0.106. The van der Waals surface area contributed by atoms with Crippen molar-refractivity contribution in [3.8, 4) is 0 Å². The minimum atomic E-state index is -0.882. The largest absolute Gasteiger partial charge is 0.392 e. The van der Waals surface area contributed by atoms with Crippen molar-refractivity contribution in [3.05, 3.63) is 11.9 Å². The van der Waals surface area contributed by atoms with Crippen molar-refractivity contribution in [3.63, 3.8) is 0 Å². The number of nitrogens with zero attached hydrogens (tertiary/aromatic N) is 1. The molecule has 16 heavy (non-hydrogen) atoms. The van der Waals surface area contributed by atoms with Gasteiger partial charge in [0.05, 0.1) is 5.54 Å². The Morgan fingerprint density at radius 2 is 1.88 bits per heavy atom. The van der Waals surface area contributed by atoms with Crippen LogP contribution >= 0.6 is 0 Å². The molecule has 5 heteroatoms. The predicted octanol–water partition coefficient (Wildman–Crippen LogP) is 0.622. The summed E-state index contributed by atoms with van der Waals surface area (Å²) in [5.74, 6) is -0.488. The molecule has 0 heterocycles. The van der Waals surface area contributed by atoms with Crippen LogP contribution < -0.4 is 10.6 Å². The number of carbonyl (C=O) groups excluding carboxylic acids is 2. The van der Waals surface area contributed by atoms with Gasteiger partial charge in [-0.1, -0.05) is 0 Å². The average Bonchev–Trinajstić information content (AvgIpc) is 2.16. The third-order valence-electron chi connectivity index (χ3n) is 2.09. The molecule has 0 atom stereocenters. The second kappa shape index (κ2) is 6.05. The van der Waals surface area contributed by atoms with Crippen molar-refractivity contribution in [1.29, 1.82) is 0 Å². The van der Waals surface area contributed by atoms with Gasteiger partial charge < -0.3 is 10.6 Å². The van der Waals surface area contributed by atoms with E-state index in [1.807, 2.05) is 0 Å². The molecule has 0 radical (unpaired) electrons. The third-order valence-corrected chi connectivity index (χ3v) is 2.09. The van der Waals surface area contributed by atoms with E-state index in [9.17, 15) is 9.59 Å². The van der Waals surface area contributed by atoms with E-state index in [1.165, 1.54) is 19.3 Å². The van der Waals surface area contributed by atoms with E-state index in [0.717, 1.165) is 0 Å². The molecule has 0 aliphatic carbocycles. The van der Waals surface area contributed by atoms with E-state index in [-0.39, 0.29) is 17.4 Å². The van der Waals surface area contributed by atoms with Crippen molar-refractivity contribution in [2.75, 3.05) is 7.05 Å². The normalized spacial score (nSPS) is 12.7. The zero-order valence-corrected chi connectivity index (χ0v) is 10.4. The fourth-order valence-corrected chi connectivity index (χ4v) is 0.873. The fraction of sp³-hybridized carbons (Fsp3) is 0.545. The molecule has 0 bridgehead atoms. The summed E-state index contributed by atoms with van der Waals surface area (Å²) in [6, 6.07) is 0. The summed E-state index contributed by atoms with van der Waals surface area (Å²) in [4.78, 5) is 26.9. The van der Waals surface area contributed by atoms with Gasteiger partial charge in [-0.15, -0.1) is 0 Å². The smallest absolute Gasteiger partial charge is 0.272 e. The summed E-state index contributed by atoms with van der Waals surface area (Å²) in [6.45, 7) is 6.46. The van der Waals surface area contributed by atoms with Gasteiger partial charge in [0.25, 0.3) is 5.91 Å². The van der Waals surface area contributed by atoms with Crippen molar-refractivity contribution >= 4 is 17.9 Å². The van der Waals surface area contributed by atoms with Gasteiger partial charge in [-0.05, 0) is 27.7 Å². The van der Waals surface area contributed by atoms with Crippen LogP contribution in [0.4, 0.5) is 0 Å². The summed E-state index contributed by atoms with van der Waals surface area (Å²) >= 11 is 0. The van der Waals surface area contributed by atoms with Crippen LogP contribution in [0.1, 0.15) is 27.7 Å². The number of amides is 1. The van der Waals surface area contributed by atoms with E-state index in [1.54, 1.807) is 27.8 Å². The number of nitrogens with one attached hydrogen (secondary N) is 2. The quantitative estimate of drug-likeness (QED) is 0.532. The number of aliphatic imine (C=N–C) groups is 1. The Bertz CT molecular complexity index is 330. The van der Waals surface area contributed by atoms with Crippen molar-refractivity contribution in [2.24, 2.45) is 4.99 Å². The molecular weight excluding hydrogens is 206 g/mol. The first-order valence-corrected chi connectivity index (χ1v) is 5.04. The van der Waals surface area contributed by atoms with Crippen molar-refractivity contribution in [1.82, 2.24) is 10.6 Å². The van der Waals surface area contributed by atoms with Gasteiger partial charge in [0, 0.05) is 19.5 Å². The Balaban J connectivity index is 4.80. The molecule has 0 saturated heterocycles. The van der Waals surface area contributed by atoms with E-state index in [2.05, 4.69) is 15.6 Å². The first kappa shape index (κ1) is 14.3. The molecule has 0 aromatic rings. The highest BCUT2D eigenvalue weighted by Gasteiger charge is 2.26. The highest BCUT2D eigenvalue weighted by molar-refractivity contribution is 5.98. The van der Waals surface area contributed by atoms with Gasteiger partial charge in [0.1, 0.15) is 5.70 Å². The Labute approximate surface area is 96.0 Å². The van der Waals surface area contributed by atoms with E-state index in [4.69, 9.17) is 0 Å². The average molecular weight is 225 g/mol. The van der Waals surface area contributed by atoms with Crippen LogP contribution in [-0.4, -0.2) is 30.5 Å². The second-order valence-corrected chi connectivity index (χ2v) is 3.84. The number of ketones is 1. The molecule has 0 aliphatic heterocycles. The van der Waals surface area contributed by atoms with E-state index in [0.29, 0.717) is 0 Å². The monoisotopic (exact) mass is 225 g/mol. The van der Waals surface area contributed by atoms with Crippen LogP contribution in [0.3, 0.4) is 0 Å². The summed E-state index contributed by atoms with van der Waals surface area (Å²) in [6.07, 6.45) is 3.00. The first-order valence-electron chi connectivity index (χ1n) is 5.04. The molecule has 5 nitrogen and oxygen atoms in total. The zero-order valence-electron chi connectivity index (χ0n) is 10.4. The number of hydrogen-bond donors (Lipinski definition) is 2. The highest BCUT2D eigenvalue weighted by Crippen LogP contribution is 2.06. The maximum atomic E-state index is 11.8. The SMILES string of the molecule is C/C=N\C(=C/NC)C(=O)NC(C)(C)C(C)=O. The summed E-state index contributed by atoms with van der Waals surface area (Å²) in [7, 11) is 1.68. The Morgan fingerprint density at radius 1 is 1.31 bits per heavy atom. The van der Waals surface area contributed by atoms with Gasteiger partial charge >= 0.3 is 0 Å². The Hall–Kier alpha value is -1.65. The van der Waals surface area contributed by atoms with Crippen LogP contribution in [0.5, 0.6) is 0 Å².